The van der Waals surface area contributed by atoms with Crippen LogP contribution in [0.5, 0.6) is 0 Å². The molecule has 114 valence electrons. The van der Waals surface area contributed by atoms with E-state index in [1.807, 2.05) is 0 Å². The van der Waals surface area contributed by atoms with Gasteiger partial charge < -0.3 is 9.84 Å². The summed E-state index contributed by atoms with van der Waals surface area (Å²) in [5.41, 5.74) is -0.0569. The van der Waals surface area contributed by atoms with Gasteiger partial charge >= 0.3 is 0 Å². The smallest absolute Gasteiger partial charge is 0.110 e. The first-order chi connectivity index (χ1) is 8.96. The van der Waals surface area contributed by atoms with Crippen LogP contribution >= 0.6 is 0 Å². The van der Waals surface area contributed by atoms with Crippen molar-refractivity contribution in [1.29, 1.82) is 0 Å². The normalized spacial score (nSPS) is 24.5. The number of epoxide rings is 1. The van der Waals surface area contributed by atoms with E-state index in [4.69, 9.17) is 4.74 Å². The van der Waals surface area contributed by atoms with Crippen molar-refractivity contribution in [1.82, 2.24) is 0 Å². The SMILES string of the molecule is CCCCCCCCCC[C@H]1O[C@@H]1[C@H](O)C(C)(C)C. The van der Waals surface area contributed by atoms with E-state index in [-0.39, 0.29) is 17.6 Å². The van der Waals surface area contributed by atoms with E-state index in [2.05, 4.69) is 27.7 Å². The first kappa shape index (κ1) is 17.0. The van der Waals surface area contributed by atoms with Crippen molar-refractivity contribution in [3.8, 4) is 0 Å². The van der Waals surface area contributed by atoms with Crippen LogP contribution in [0.25, 0.3) is 0 Å². The van der Waals surface area contributed by atoms with Crippen LogP contribution in [0.4, 0.5) is 0 Å². The van der Waals surface area contributed by atoms with Crippen molar-refractivity contribution in [2.24, 2.45) is 5.41 Å². The van der Waals surface area contributed by atoms with Gasteiger partial charge in [0.2, 0.25) is 0 Å². The van der Waals surface area contributed by atoms with Crippen molar-refractivity contribution in [2.45, 2.75) is 104 Å². The Bertz CT molecular complexity index is 232. The van der Waals surface area contributed by atoms with E-state index in [1.54, 1.807) is 0 Å². The molecule has 0 unspecified atom stereocenters. The molecule has 1 heterocycles. The summed E-state index contributed by atoms with van der Waals surface area (Å²) < 4.78 is 5.61. The van der Waals surface area contributed by atoms with Gasteiger partial charge in [0, 0.05) is 0 Å². The molecule has 1 rings (SSSR count). The highest BCUT2D eigenvalue weighted by Gasteiger charge is 2.47. The van der Waals surface area contributed by atoms with Crippen LogP contribution < -0.4 is 0 Å². The Morgan fingerprint density at radius 3 is 2.00 bits per heavy atom. The Morgan fingerprint density at radius 2 is 1.47 bits per heavy atom. The summed E-state index contributed by atoms with van der Waals surface area (Å²) in [6.45, 7) is 8.49. The summed E-state index contributed by atoms with van der Waals surface area (Å²) >= 11 is 0. The second-order valence-electron chi connectivity index (χ2n) is 7.21. The number of aliphatic hydroxyl groups is 1. The molecule has 0 radical (unpaired) electrons. The predicted molar refractivity (Wildman–Crippen MR) is 81.3 cm³/mol. The minimum absolute atomic E-state index is 0.0569. The van der Waals surface area contributed by atoms with Crippen molar-refractivity contribution < 1.29 is 9.84 Å². The summed E-state index contributed by atoms with van der Waals surface area (Å²) in [6.07, 6.45) is 12.1. The van der Waals surface area contributed by atoms with E-state index in [1.165, 1.54) is 51.4 Å². The lowest BCUT2D eigenvalue weighted by molar-refractivity contribution is 0.0378. The maximum absolute atomic E-state index is 10.1. The zero-order valence-electron chi connectivity index (χ0n) is 13.5. The van der Waals surface area contributed by atoms with Gasteiger partial charge in [0.15, 0.2) is 0 Å². The predicted octanol–water partition coefficient (Wildman–Crippen LogP) is 4.69. The number of aliphatic hydroxyl groups excluding tert-OH is 1. The van der Waals surface area contributed by atoms with Gasteiger partial charge in [0.1, 0.15) is 6.10 Å². The molecule has 3 atom stereocenters. The van der Waals surface area contributed by atoms with Gasteiger partial charge in [-0.3, -0.25) is 0 Å². The topological polar surface area (TPSA) is 32.8 Å². The van der Waals surface area contributed by atoms with Crippen LogP contribution in [0.3, 0.4) is 0 Å². The van der Waals surface area contributed by atoms with Gasteiger partial charge in [-0.05, 0) is 11.8 Å². The van der Waals surface area contributed by atoms with Gasteiger partial charge in [-0.25, -0.2) is 0 Å². The molecule has 0 spiro atoms. The summed E-state index contributed by atoms with van der Waals surface area (Å²) in [7, 11) is 0. The third-order valence-corrected chi connectivity index (χ3v) is 4.16. The van der Waals surface area contributed by atoms with Gasteiger partial charge in [-0.15, -0.1) is 0 Å². The zero-order chi connectivity index (χ0) is 14.3. The van der Waals surface area contributed by atoms with Crippen LogP contribution in [-0.4, -0.2) is 23.4 Å². The molecule has 2 nitrogen and oxygen atoms in total. The van der Waals surface area contributed by atoms with Crippen molar-refractivity contribution in [2.75, 3.05) is 0 Å². The number of unbranched alkanes of at least 4 members (excludes halogenated alkanes) is 7. The van der Waals surface area contributed by atoms with Crippen molar-refractivity contribution in [3.05, 3.63) is 0 Å². The van der Waals surface area contributed by atoms with Crippen LogP contribution in [0.1, 0.15) is 85.5 Å². The third-order valence-electron chi connectivity index (χ3n) is 4.16. The van der Waals surface area contributed by atoms with E-state index >= 15 is 0 Å². The average Bonchev–Trinajstić information content (AvgIpc) is 3.10. The first-order valence-corrected chi connectivity index (χ1v) is 8.30. The lowest BCUT2D eigenvalue weighted by atomic mass is 9.86. The van der Waals surface area contributed by atoms with E-state index < -0.39 is 0 Å². The largest absolute Gasteiger partial charge is 0.390 e. The zero-order valence-corrected chi connectivity index (χ0v) is 13.5. The first-order valence-electron chi connectivity index (χ1n) is 8.30. The highest BCUT2D eigenvalue weighted by molar-refractivity contribution is 4.95. The molecule has 19 heavy (non-hydrogen) atoms. The Labute approximate surface area is 119 Å². The second-order valence-corrected chi connectivity index (χ2v) is 7.21. The summed E-state index contributed by atoms with van der Waals surface area (Å²) in [5.74, 6) is 0. The fourth-order valence-corrected chi connectivity index (χ4v) is 2.64. The standard InChI is InChI=1S/C17H34O2/c1-5-6-7-8-9-10-11-12-13-14-15(19-14)16(18)17(2,3)4/h14-16,18H,5-13H2,1-4H3/t14-,15+,16+/m1/s1. The van der Waals surface area contributed by atoms with Gasteiger partial charge in [-0.1, -0.05) is 79.1 Å². The molecule has 1 aliphatic heterocycles. The van der Waals surface area contributed by atoms with Crippen molar-refractivity contribution in [3.63, 3.8) is 0 Å². The Balaban J connectivity index is 1.92. The van der Waals surface area contributed by atoms with Crippen molar-refractivity contribution >= 4 is 0 Å². The number of hydrogen-bond donors (Lipinski definition) is 1. The summed E-state index contributed by atoms with van der Waals surface area (Å²) in [6, 6.07) is 0. The summed E-state index contributed by atoms with van der Waals surface area (Å²) in [5, 5.41) is 10.1. The average molecular weight is 270 g/mol. The minimum Gasteiger partial charge on any atom is -0.390 e. The molecule has 0 aromatic heterocycles. The molecule has 0 aromatic carbocycles. The quantitative estimate of drug-likeness (QED) is 0.461. The van der Waals surface area contributed by atoms with E-state index in [0.29, 0.717) is 6.10 Å². The number of rotatable bonds is 10. The molecular formula is C17H34O2. The van der Waals surface area contributed by atoms with Gasteiger partial charge in [-0.2, -0.15) is 0 Å². The highest BCUT2D eigenvalue weighted by atomic mass is 16.6. The third kappa shape index (κ3) is 6.76. The van der Waals surface area contributed by atoms with Crippen LogP contribution in [0.15, 0.2) is 0 Å². The van der Waals surface area contributed by atoms with Crippen LogP contribution in [0.2, 0.25) is 0 Å². The Morgan fingerprint density at radius 1 is 0.947 bits per heavy atom. The van der Waals surface area contributed by atoms with Crippen LogP contribution in [0, 0.1) is 5.41 Å². The minimum atomic E-state index is -0.313. The molecule has 1 saturated heterocycles. The van der Waals surface area contributed by atoms with Gasteiger partial charge in [0.05, 0.1) is 12.2 Å². The fourth-order valence-electron chi connectivity index (χ4n) is 2.64. The lowest BCUT2D eigenvalue weighted by Gasteiger charge is -2.24. The molecule has 0 amide bonds. The molecule has 1 N–H and O–H groups in total. The molecule has 1 aliphatic rings. The molecule has 1 fully saturated rings. The second kappa shape index (κ2) is 8.26. The molecular weight excluding hydrogens is 236 g/mol. The lowest BCUT2D eigenvalue weighted by Crippen LogP contribution is -2.32. The Hall–Kier alpha value is -0.0800. The Kier molecular flexibility index (Phi) is 7.38. The fraction of sp³-hybridized carbons (Fsp3) is 1.00. The van der Waals surface area contributed by atoms with Gasteiger partial charge in [0.25, 0.3) is 0 Å². The van der Waals surface area contributed by atoms with Crippen LogP contribution in [-0.2, 0) is 4.74 Å². The molecule has 0 saturated carbocycles. The summed E-state index contributed by atoms with van der Waals surface area (Å²) in [4.78, 5) is 0. The molecule has 0 bridgehead atoms. The maximum atomic E-state index is 10.1. The number of hydrogen-bond acceptors (Lipinski definition) is 2. The molecule has 0 aliphatic carbocycles. The maximum Gasteiger partial charge on any atom is 0.110 e. The highest BCUT2D eigenvalue weighted by Crippen LogP contribution is 2.37. The molecule has 2 heteroatoms. The van der Waals surface area contributed by atoms with E-state index in [9.17, 15) is 5.11 Å². The number of ether oxygens (including phenoxy) is 1. The van der Waals surface area contributed by atoms with E-state index in [0.717, 1.165) is 6.42 Å². The molecule has 0 aromatic rings. The monoisotopic (exact) mass is 270 g/mol.